The third-order valence-corrected chi connectivity index (χ3v) is 4.31. The molecule has 7 heteroatoms. The van der Waals surface area contributed by atoms with E-state index in [1.807, 2.05) is 0 Å². The van der Waals surface area contributed by atoms with E-state index in [2.05, 4.69) is 5.32 Å². The standard InChI is InChI=1S/C19H18F2N2O3/c1-23-16(24)11-26-18(17(23)13-5-7-14(20)8-6-13)19(25)22-10-12-3-2-4-15(21)9-12/h2-9,17-18H,10-11H2,1H3,(H,22,25)/t17-,18+/m0/s1. The van der Waals surface area contributed by atoms with Crippen molar-refractivity contribution in [3.8, 4) is 0 Å². The Bertz CT molecular complexity index is 811. The third kappa shape index (κ3) is 3.88. The second kappa shape index (κ2) is 7.61. The second-order valence-corrected chi connectivity index (χ2v) is 6.08. The highest BCUT2D eigenvalue weighted by Crippen LogP contribution is 2.29. The van der Waals surface area contributed by atoms with Gasteiger partial charge in [0.05, 0.1) is 6.04 Å². The SMILES string of the molecule is CN1C(=O)CO[C@@H](C(=O)NCc2cccc(F)c2)[C@@H]1c1ccc(F)cc1. The summed E-state index contributed by atoms with van der Waals surface area (Å²) in [5.41, 5.74) is 1.20. The van der Waals surface area contributed by atoms with E-state index in [0.717, 1.165) is 0 Å². The molecule has 5 nitrogen and oxygen atoms in total. The van der Waals surface area contributed by atoms with Crippen LogP contribution in [0.25, 0.3) is 0 Å². The normalized spacial score (nSPS) is 20.1. The highest BCUT2D eigenvalue weighted by atomic mass is 19.1. The first-order valence-corrected chi connectivity index (χ1v) is 8.10. The van der Waals surface area contributed by atoms with E-state index in [1.165, 1.54) is 41.3 Å². The van der Waals surface area contributed by atoms with Gasteiger partial charge < -0.3 is 15.0 Å². The van der Waals surface area contributed by atoms with E-state index in [1.54, 1.807) is 19.2 Å². The number of nitrogens with zero attached hydrogens (tertiary/aromatic N) is 1. The van der Waals surface area contributed by atoms with Crippen LogP contribution in [0.15, 0.2) is 48.5 Å². The van der Waals surface area contributed by atoms with E-state index >= 15 is 0 Å². The van der Waals surface area contributed by atoms with Gasteiger partial charge in [0.25, 0.3) is 5.91 Å². The maximum Gasteiger partial charge on any atom is 0.251 e. The van der Waals surface area contributed by atoms with Crippen molar-refractivity contribution in [2.45, 2.75) is 18.7 Å². The number of hydrogen-bond acceptors (Lipinski definition) is 3. The van der Waals surface area contributed by atoms with Crippen molar-refractivity contribution >= 4 is 11.8 Å². The number of halogens is 2. The maximum atomic E-state index is 13.2. The van der Waals surface area contributed by atoms with Gasteiger partial charge in [0.2, 0.25) is 5.91 Å². The number of carbonyl (C=O) groups excluding carboxylic acids is 2. The Morgan fingerprint density at radius 3 is 2.62 bits per heavy atom. The molecule has 136 valence electrons. The van der Waals surface area contributed by atoms with Crippen LogP contribution in [-0.2, 0) is 20.9 Å². The average Bonchev–Trinajstić information content (AvgIpc) is 2.63. The monoisotopic (exact) mass is 360 g/mol. The van der Waals surface area contributed by atoms with Crippen molar-refractivity contribution in [3.05, 3.63) is 71.3 Å². The Labute approximate surface area is 149 Å². The molecule has 2 amide bonds. The summed E-state index contributed by atoms with van der Waals surface area (Å²) < 4.78 is 31.9. The molecule has 2 atom stereocenters. The van der Waals surface area contributed by atoms with E-state index in [4.69, 9.17) is 4.74 Å². The molecule has 1 fully saturated rings. The fourth-order valence-electron chi connectivity index (χ4n) is 2.93. The summed E-state index contributed by atoms with van der Waals surface area (Å²) in [7, 11) is 1.58. The molecule has 0 radical (unpaired) electrons. The van der Waals surface area contributed by atoms with Crippen LogP contribution in [0.5, 0.6) is 0 Å². The minimum absolute atomic E-state index is 0.129. The molecule has 1 aliphatic heterocycles. The lowest BCUT2D eigenvalue weighted by atomic mass is 9.97. The number of rotatable bonds is 4. The Balaban J connectivity index is 1.77. The maximum absolute atomic E-state index is 13.2. The summed E-state index contributed by atoms with van der Waals surface area (Å²) in [6, 6.07) is 10.8. The largest absolute Gasteiger partial charge is 0.356 e. The van der Waals surface area contributed by atoms with Gasteiger partial charge in [-0.2, -0.15) is 0 Å². The van der Waals surface area contributed by atoms with Crippen LogP contribution in [0.1, 0.15) is 17.2 Å². The molecule has 0 spiro atoms. The molecule has 1 heterocycles. The van der Waals surface area contributed by atoms with E-state index in [9.17, 15) is 18.4 Å². The molecule has 0 aliphatic carbocycles. The quantitative estimate of drug-likeness (QED) is 0.909. The fraction of sp³-hybridized carbons (Fsp3) is 0.263. The lowest BCUT2D eigenvalue weighted by Gasteiger charge is -2.38. The molecule has 1 N–H and O–H groups in total. The minimum Gasteiger partial charge on any atom is -0.356 e. The fourth-order valence-corrected chi connectivity index (χ4v) is 2.93. The summed E-state index contributed by atoms with van der Waals surface area (Å²) in [5, 5.41) is 2.70. The molecular weight excluding hydrogens is 342 g/mol. The van der Waals surface area contributed by atoms with E-state index in [-0.39, 0.29) is 24.9 Å². The zero-order chi connectivity index (χ0) is 18.7. The van der Waals surface area contributed by atoms with Crippen molar-refractivity contribution in [2.75, 3.05) is 13.7 Å². The number of nitrogens with one attached hydrogen (secondary N) is 1. The van der Waals surface area contributed by atoms with Crippen LogP contribution in [0.4, 0.5) is 8.78 Å². The third-order valence-electron chi connectivity index (χ3n) is 4.31. The smallest absolute Gasteiger partial charge is 0.251 e. The molecule has 2 aromatic carbocycles. The molecule has 1 aliphatic rings. The van der Waals surface area contributed by atoms with Gasteiger partial charge in [-0.15, -0.1) is 0 Å². The summed E-state index contributed by atoms with van der Waals surface area (Å²) in [5.74, 6) is -1.50. The predicted molar refractivity (Wildman–Crippen MR) is 89.9 cm³/mol. The molecule has 26 heavy (non-hydrogen) atoms. The zero-order valence-corrected chi connectivity index (χ0v) is 14.1. The summed E-state index contributed by atoms with van der Waals surface area (Å²) in [6.07, 6.45) is -0.947. The van der Waals surface area contributed by atoms with Crippen molar-refractivity contribution in [3.63, 3.8) is 0 Å². The zero-order valence-electron chi connectivity index (χ0n) is 14.1. The van der Waals surface area contributed by atoms with Crippen LogP contribution in [-0.4, -0.2) is 36.5 Å². The Morgan fingerprint density at radius 2 is 1.92 bits per heavy atom. The van der Waals surface area contributed by atoms with Crippen LogP contribution in [0.3, 0.4) is 0 Å². The first-order valence-electron chi connectivity index (χ1n) is 8.10. The second-order valence-electron chi connectivity index (χ2n) is 6.08. The Kier molecular flexibility index (Phi) is 5.27. The van der Waals surface area contributed by atoms with Gasteiger partial charge in [-0.3, -0.25) is 9.59 Å². The van der Waals surface area contributed by atoms with Crippen molar-refractivity contribution in [1.82, 2.24) is 10.2 Å². The van der Waals surface area contributed by atoms with Crippen LogP contribution in [0.2, 0.25) is 0 Å². The predicted octanol–water partition coefficient (Wildman–Crippen LogP) is 2.18. The summed E-state index contributed by atoms with van der Waals surface area (Å²) in [4.78, 5) is 26.0. The highest BCUT2D eigenvalue weighted by molar-refractivity contribution is 5.86. The number of amides is 2. The first kappa shape index (κ1) is 18.0. The van der Waals surface area contributed by atoms with Crippen molar-refractivity contribution < 1.29 is 23.1 Å². The highest BCUT2D eigenvalue weighted by Gasteiger charge is 2.39. The number of benzene rings is 2. The number of carbonyl (C=O) groups is 2. The van der Waals surface area contributed by atoms with Gasteiger partial charge in [-0.25, -0.2) is 8.78 Å². The van der Waals surface area contributed by atoms with Crippen LogP contribution < -0.4 is 5.32 Å². The van der Waals surface area contributed by atoms with Gasteiger partial charge in [-0.1, -0.05) is 24.3 Å². The molecular formula is C19H18F2N2O3. The lowest BCUT2D eigenvalue weighted by molar-refractivity contribution is -0.162. The van der Waals surface area contributed by atoms with Gasteiger partial charge in [0.1, 0.15) is 18.2 Å². The molecule has 0 saturated carbocycles. The first-order chi connectivity index (χ1) is 12.5. The van der Waals surface area contributed by atoms with E-state index < -0.39 is 23.9 Å². The van der Waals surface area contributed by atoms with Gasteiger partial charge in [0.15, 0.2) is 6.10 Å². The van der Waals surface area contributed by atoms with Crippen LogP contribution in [0, 0.1) is 11.6 Å². The molecule has 2 aromatic rings. The van der Waals surface area contributed by atoms with Gasteiger partial charge in [0, 0.05) is 13.6 Å². The minimum atomic E-state index is -0.947. The van der Waals surface area contributed by atoms with Gasteiger partial charge in [-0.05, 0) is 35.4 Å². The number of likely N-dealkylation sites (N-methyl/N-ethyl adjacent to an activating group) is 1. The Morgan fingerprint density at radius 1 is 1.19 bits per heavy atom. The van der Waals surface area contributed by atoms with Crippen LogP contribution >= 0.6 is 0 Å². The molecule has 1 saturated heterocycles. The molecule has 3 rings (SSSR count). The summed E-state index contributed by atoms with van der Waals surface area (Å²) in [6.45, 7) is -0.0868. The molecule has 0 bridgehead atoms. The van der Waals surface area contributed by atoms with E-state index in [0.29, 0.717) is 11.1 Å². The average molecular weight is 360 g/mol. The molecule has 0 unspecified atom stereocenters. The molecule has 0 aromatic heterocycles. The number of morpholine rings is 1. The summed E-state index contributed by atoms with van der Waals surface area (Å²) >= 11 is 0. The number of ether oxygens (including phenoxy) is 1. The van der Waals surface area contributed by atoms with Gasteiger partial charge >= 0.3 is 0 Å². The topological polar surface area (TPSA) is 58.6 Å². The Hall–Kier alpha value is -2.80. The van der Waals surface area contributed by atoms with Crippen molar-refractivity contribution in [1.29, 1.82) is 0 Å². The van der Waals surface area contributed by atoms with Crippen molar-refractivity contribution in [2.24, 2.45) is 0 Å². The number of hydrogen-bond donors (Lipinski definition) is 1. The lowest BCUT2D eigenvalue weighted by Crippen LogP contribution is -2.52.